The van der Waals surface area contributed by atoms with Gasteiger partial charge in [-0.15, -0.1) is 0 Å². The molecule has 0 saturated carbocycles. The molecule has 2 aromatic rings. The van der Waals surface area contributed by atoms with E-state index in [1.165, 1.54) is 5.56 Å². The van der Waals surface area contributed by atoms with Gasteiger partial charge < -0.3 is 10.1 Å². The van der Waals surface area contributed by atoms with Crippen LogP contribution < -0.4 is 10.1 Å². The fourth-order valence-corrected chi connectivity index (χ4v) is 3.44. The van der Waals surface area contributed by atoms with Crippen molar-refractivity contribution in [3.8, 4) is 5.75 Å². The van der Waals surface area contributed by atoms with Crippen LogP contribution in [0.15, 0.2) is 28.7 Å². The number of carbonyl (C=O) groups is 1. The number of carbonyl (C=O) groups excluding carboxylic acids is 1. The number of ether oxygens (including phenoxy) is 1. The zero-order chi connectivity index (χ0) is 19.3. The number of halogens is 1. The predicted octanol–water partition coefficient (Wildman–Crippen LogP) is 4.83. The Morgan fingerprint density at radius 1 is 1.19 bits per heavy atom. The van der Waals surface area contributed by atoms with E-state index in [-0.39, 0.29) is 24.0 Å². The molecule has 0 radical (unpaired) electrons. The minimum atomic E-state index is -0.159. The van der Waals surface area contributed by atoms with Gasteiger partial charge in [0.25, 0.3) is 5.91 Å². The molecule has 5 nitrogen and oxygen atoms in total. The Morgan fingerprint density at radius 2 is 1.85 bits per heavy atom. The zero-order valence-corrected chi connectivity index (χ0v) is 17.7. The van der Waals surface area contributed by atoms with E-state index in [0.29, 0.717) is 5.69 Å². The average Bonchev–Trinajstić information content (AvgIpc) is 2.95. The van der Waals surface area contributed by atoms with Gasteiger partial charge in [0.1, 0.15) is 5.75 Å². The third kappa shape index (κ3) is 5.59. The summed E-state index contributed by atoms with van der Waals surface area (Å²) in [4.78, 5) is 12.4. The first-order valence-corrected chi connectivity index (χ1v) is 9.87. The first kappa shape index (κ1) is 20.5. The van der Waals surface area contributed by atoms with E-state index in [2.05, 4.69) is 57.4 Å². The van der Waals surface area contributed by atoms with Gasteiger partial charge in [0, 0.05) is 6.04 Å². The van der Waals surface area contributed by atoms with Gasteiger partial charge in [-0.05, 0) is 73.2 Å². The summed E-state index contributed by atoms with van der Waals surface area (Å²) < 4.78 is 6.40. The highest BCUT2D eigenvalue weighted by atomic mass is 79.9. The lowest BCUT2D eigenvalue weighted by Crippen LogP contribution is -2.33. The molecular formula is C20H28BrN3O2. The molecule has 0 aliphatic heterocycles. The Bertz CT molecular complexity index is 723. The summed E-state index contributed by atoms with van der Waals surface area (Å²) >= 11 is 3.48. The van der Waals surface area contributed by atoms with Crippen LogP contribution in [-0.2, 0) is 6.42 Å². The molecule has 2 N–H and O–H groups in total. The van der Waals surface area contributed by atoms with Crippen molar-refractivity contribution in [2.75, 3.05) is 0 Å². The maximum absolute atomic E-state index is 12.4. The molecule has 1 unspecified atom stereocenters. The minimum absolute atomic E-state index is 0.0557. The first-order chi connectivity index (χ1) is 12.3. The third-order valence-electron chi connectivity index (χ3n) is 4.06. The van der Waals surface area contributed by atoms with E-state index in [9.17, 15) is 4.79 Å². The number of benzene rings is 1. The Morgan fingerprint density at radius 3 is 2.38 bits per heavy atom. The molecule has 1 atom stereocenters. The van der Waals surface area contributed by atoms with Crippen molar-refractivity contribution in [2.45, 2.75) is 65.5 Å². The van der Waals surface area contributed by atoms with E-state index in [1.807, 2.05) is 32.9 Å². The molecule has 2 rings (SSSR count). The van der Waals surface area contributed by atoms with Crippen molar-refractivity contribution in [1.29, 1.82) is 0 Å². The van der Waals surface area contributed by atoms with E-state index in [0.717, 1.165) is 28.8 Å². The smallest absolute Gasteiger partial charge is 0.273 e. The van der Waals surface area contributed by atoms with Gasteiger partial charge in [-0.2, -0.15) is 5.10 Å². The fraction of sp³-hybridized carbons (Fsp3) is 0.500. The van der Waals surface area contributed by atoms with Gasteiger partial charge in [-0.3, -0.25) is 9.89 Å². The van der Waals surface area contributed by atoms with Crippen molar-refractivity contribution in [1.82, 2.24) is 15.5 Å². The van der Waals surface area contributed by atoms with Crippen molar-refractivity contribution in [3.05, 3.63) is 45.7 Å². The highest BCUT2D eigenvalue weighted by Crippen LogP contribution is 2.25. The molecule has 0 aliphatic carbocycles. The van der Waals surface area contributed by atoms with Gasteiger partial charge in [0.05, 0.1) is 16.3 Å². The van der Waals surface area contributed by atoms with Gasteiger partial charge in [-0.25, -0.2) is 0 Å². The van der Waals surface area contributed by atoms with Crippen molar-refractivity contribution < 1.29 is 9.53 Å². The first-order valence-electron chi connectivity index (χ1n) is 9.08. The Balaban J connectivity index is 1.86. The van der Waals surface area contributed by atoms with Crippen molar-refractivity contribution >= 4 is 21.8 Å². The molecule has 1 amide bonds. The molecular weight excluding hydrogens is 394 g/mol. The van der Waals surface area contributed by atoms with Crippen LogP contribution in [0.25, 0.3) is 0 Å². The molecule has 0 saturated heterocycles. The van der Waals surface area contributed by atoms with Crippen LogP contribution in [0.1, 0.15) is 68.7 Å². The second-order valence-electron chi connectivity index (χ2n) is 7.18. The van der Waals surface area contributed by atoms with Gasteiger partial charge in [0.15, 0.2) is 5.69 Å². The monoisotopic (exact) mass is 421 g/mol. The lowest BCUT2D eigenvalue weighted by atomic mass is 10.1. The number of aryl methyl sites for hydroxylation is 1. The van der Waals surface area contributed by atoms with Crippen LogP contribution in [0.4, 0.5) is 0 Å². The standard InChI is InChI=1S/C20H28BrN3O2/c1-12(2)18-17(21)19(24-23-18)20(25)22-14(5)6-7-15-8-10-16(11-9-15)26-13(3)4/h8-14H,6-7H2,1-5H3,(H,22,25)(H,23,24). The van der Waals surface area contributed by atoms with E-state index < -0.39 is 0 Å². The number of nitrogens with zero attached hydrogens (tertiary/aromatic N) is 1. The molecule has 1 aromatic heterocycles. The minimum Gasteiger partial charge on any atom is -0.491 e. The van der Waals surface area contributed by atoms with Crippen LogP contribution in [0, 0.1) is 0 Å². The Labute approximate surface area is 164 Å². The Kier molecular flexibility index (Phi) is 7.26. The maximum atomic E-state index is 12.4. The van der Waals surface area contributed by atoms with Crippen LogP contribution in [0.2, 0.25) is 0 Å². The normalized spacial score (nSPS) is 12.5. The van der Waals surface area contributed by atoms with Crippen LogP contribution in [0.5, 0.6) is 5.75 Å². The number of amides is 1. The lowest BCUT2D eigenvalue weighted by molar-refractivity contribution is 0.0932. The number of hydrogen-bond donors (Lipinski definition) is 2. The number of H-pyrrole nitrogens is 1. The SMILES string of the molecule is CC(CCc1ccc(OC(C)C)cc1)NC(=O)c1n[nH]c(C(C)C)c1Br. The predicted molar refractivity (Wildman–Crippen MR) is 108 cm³/mol. The fourth-order valence-electron chi connectivity index (χ4n) is 2.63. The number of nitrogens with one attached hydrogen (secondary N) is 2. The second-order valence-corrected chi connectivity index (χ2v) is 7.97. The molecule has 142 valence electrons. The van der Waals surface area contributed by atoms with Gasteiger partial charge >= 0.3 is 0 Å². The highest BCUT2D eigenvalue weighted by Gasteiger charge is 2.20. The molecule has 0 aliphatic rings. The number of rotatable bonds is 8. The lowest BCUT2D eigenvalue weighted by Gasteiger charge is -2.14. The molecule has 26 heavy (non-hydrogen) atoms. The molecule has 0 spiro atoms. The van der Waals surface area contributed by atoms with E-state index >= 15 is 0 Å². The summed E-state index contributed by atoms with van der Waals surface area (Å²) in [6.07, 6.45) is 1.92. The summed E-state index contributed by atoms with van der Waals surface area (Å²) in [7, 11) is 0. The summed E-state index contributed by atoms with van der Waals surface area (Å²) in [5, 5.41) is 10.1. The summed E-state index contributed by atoms with van der Waals surface area (Å²) in [5.41, 5.74) is 2.58. The summed E-state index contributed by atoms with van der Waals surface area (Å²) in [6, 6.07) is 8.19. The highest BCUT2D eigenvalue weighted by molar-refractivity contribution is 9.10. The molecule has 0 bridgehead atoms. The Hall–Kier alpha value is -1.82. The van der Waals surface area contributed by atoms with E-state index in [1.54, 1.807) is 0 Å². The molecule has 1 heterocycles. The largest absolute Gasteiger partial charge is 0.491 e. The maximum Gasteiger partial charge on any atom is 0.273 e. The molecule has 0 fully saturated rings. The number of hydrogen-bond acceptors (Lipinski definition) is 3. The number of aromatic amines is 1. The van der Waals surface area contributed by atoms with Gasteiger partial charge in [0.2, 0.25) is 0 Å². The third-order valence-corrected chi connectivity index (χ3v) is 4.87. The molecule has 1 aromatic carbocycles. The van der Waals surface area contributed by atoms with Crippen LogP contribution in [0.3, 0.4) is 0 Å². The van der Waals surface area contributed by atoms with E-state index in [4.69, 9.17) is 4.74 Å². The quantitative estimate of drug-likeness (QED) is 0.640. The summed E-state index contributed by atoms with van der Waals surface area (Å²) in [6.45, 7) is 10.2. The van der Waals surface area contributed by atoms with Gasteiger partial charge in [-0.1, -0.05) is 26.0 Å². The van der Waals surface area contributed by atoms with Crippen LogP contribution >= 0.6 is 15.9 Å². The molecule has 6 heteroatoms. The van der Waals surface area contributed by atoms with Crippen LogP contribution in [-0.4, -0.2) is 28.3 Å². The second kappa shape index (κ2) is 9.21. The topological polar surface area (TPSA) is 67.0 Å². The zero-order valence-electron chi connectivity index (χ0n) is 16.1. The van der Waals surface area contributed by atoms with Crippen molar-refractivity contribution in [2.24, 2.45) is 0 Å². The average molecular weight is 422 g/mol. The summed E-state index contributed by atoms with van der Waals surface area (Å²) in [5.74, 6) is 1.00. The number of aromatic nitrogens is 2. The van der Waals surface area contributed by atoms with Crippen molar-refractivity contribution in [3.63, 3.8) is 0 Å².